The first-order valence-electron chi connectivity index (χ1n) is 6.49. The van der Waals surface area contributed by atoms with Gasteiger partial charge >= 0.3 is 5.97 Å². The van der Waals surface area contributed by atoms with Crippen LogP contribution in [0.5, 0.6) is 0 Å². The van der Waals surface area contributed by atoms with Gasteiger partial charge < -0.3 is 10.1 Å². The largest absolute Gasteiger partial charge is 0.448 e. The van der Waals surface area contributed by atoms with E-state index in [0.717, 1.165) is 5.56 Å². The molecule has 1 heterocycles. The number of ether oxygens (including phenoxy) is 1. The standard InChI is InChI=1S/C16H12FNO3/c17-11-5-7-12(8-6-11)18-15(19)14-9-10-3-1-2-4-13(10)16(20)21-14/h1-8,14H,9H2,(H,18,19)/t14-/m1/s1. The number of cyclic esters (lactones) is 1. The van der Waals surface area contributed by atoms with Gasteiger partial charge in [-0.1, -0.05) is 18.2 Å². The first kappa shape index (κ1) is 13.3. The highest BCUT2D eigenvalue weighted by molar-refractivity contribution is 6.00. The lowest BCUT2D eigenvalue weighted by atomic mass is 9.98. The number of anilines is 1. The number of benzene rings is 2. The fourth-order valence-corrected chi connectivity index (χ4v) is 2.23. The molecule has 106 valence electrons. The maximum absolute atomic E-state index is 12.8. The zero-order chi connectivity index (χ0) is 14.8. The SMILES string of the molecule is O=C1O[C@@H](C(=O)Nc2ccc(F)cc2)Cc2ccccc21. The summed E-state index contributed by atoms with van der Waals surface area (Å²) >= 11 is 0. The third-order valence-corrected chi connectivity index (χ3v) is 3.30. The van der Waals surface area contributed by atoms with Gasteiger partial charge in [-0.25, -0.2) is 9.18 Å². The summed E-state index contributed by atoms with van der Waals surface area (Å²) in [4.78, 5) is 24.0. The van der Waals surface area contributed by atoms with E-state index in [2.05, 4.69) is 5.32 Å². The maximum Gasteiger partial charge on any atom is 0.339 e. The van der Waals surface area contributed by atoms with Gasteiger partial charge in [0.2, 0.25) is 0 Å². The van der Waals surface area contributed by atoms with Crippen LogP contribution in [0.25, 0.3) is 0 Å². The molecule has 1 atom stereocenters. The second kappa shape index (κ2) is 5.36. The summed E-state index contributed by atoms with van der Waals surface area (Å²) in [5.41, 5.74) is 1.73. The third-order valence-electron chi connectivity index (χ3n) is 3.30. The van der Waals surface area contributed by atoms with Gasteiger partial charge in [0.05, 0.1) is 5.56 Å². The molecule has 1 aliphatic heterocycles. The quantitative estimate of drug-likeness (QED) is 0.863. The van der Waals surface area contributed by atoms with E-state index in [-0.39, 0.29) is 5.82 Å². The Balaban J connectivity index is 1.75. The van der Waals surface area contributed by atoms with Crippen LogP contribution in [-0.2, 0) is 16.0 Å². The molecule has 4 nitrogen and oxygen atoms in total. The molecule has 0 unspecified atom stereocenters. The molecule has 0 aromatic heterocycles. The van der Waals surface area contributed by atoms with Crippen LogP contribution >= 0.6 is 0 Å². The van der Waals surface area contributed by atoms with Gasteiger partial charge in [-0.05, 0) is 35.9 Å². The van der Waals surface area contributed by atoms with Crippen molar-refractivity contribution < 1.29 is 18.7 Å². The van der Waals surface area contributed by atoms with Gasteiger partial charge in [-0.3, -0.25) is 4.79 Å². The van der Waals surface area contributed by atoms with Crippen molar-refractivity contribution in [2.24, 2.45) is 0 Å². The molecule has 5 heteroatoms. The Morgan fingerprint density at radius 2 is 1.86 bits per heavy atom. The predicted octanol–water partition coefficient (Wildman–Crippen LogP) is 2.55. The van der Waals surface area contributed by atoms with E-state index >= 15 is 0 Å². The van der Waals surface area contributed by atoms with Crippen molar-refractivity contribution >= 4 is 17.6 Å². The van der Waals surface area contributed by atoms with E-state index in [1.807, 2.05) is 6.07 Å². The molecule has 1 amide bonds. The Morgan fingerprint density at radius 3 is 2.62 bits per heavy atom. The molecule has 21 heavy (non-hydrogen) atoms. The van der Waals surface area contributed by atoms with Gasteiger partial charge in [0.15, 0.2) is 6.10 Å². The van der Waals surface area contributed by atoms with Crippen molar-refractivity contribution in [3.63, 3.8) is 0 Å². The van der Waals surface area contributed by atoms with Crippen LogP contribution in [-0.4, -0.2) is 18.0 Å². The van der Waals surface area contributed by atoms with Crippen molar-refractivity contribution in [1.82, 2.24) is 0 Å². The van der Waals surface area contributed by atoms with Gasteiger partial charge in [-0.15, -0.1) is 0 Å². The summed E-state index contributed by atoms with van der Waals surface area (Å²) < 4.78 is 18.0. The van der Waals surface area contributed by atoms with E-state index in [9.17, 15) is 14.0 Å². The zero-order valence-electron chi connectivity index (χ0n) is 11.0. The third kappa shape index (κ3) is 2.76. The number of fused-ring (bicyclic) bond motifs is 1. The minimum Gasteiger partial charge on any atom is -0.448 e. The van der Waals surface area contributed by atoms with Crippen molar-refractivity contribution in [2.45, 2.75) is 12.5 Å². The minimum absolute atomic E-state index is 0.328. The number of rotatable bonds is 2. The highest BCUT2D eigenvalue weighted by Crippen LogP contribution is 2.21. The summed E-state index contributed by atoms with van der Waals surface area (Å²) in [5.74, 6) is -1.31. The lowest BCUT2D eigenvalue weighted by molar-refractivity contribution is -0.125. The molecule has 1 aliphatic rings. The van der Waals surface area contributed by atoms with E-state index in [0.29, 0.717) is 17.7 Å². The van der Waals surface area contributed by atoms with Crippen LogP contribution in [0.3, 0.4) is 0 Å². The molecule has 0 aliphatic carbocycles. The average Bonchev–Trinajstić information content (AvgIpc) is 2.49. The monoisotopic (exact) mass is 285 g/mol. The molecule has 2 aromatic carbocycles. The Bertz CT molecular complexity index is 697. The number of halogens is 1. The fourth-order valence-electron chi connectivity index (χ4n) is 2.23. The summed E-state index contributed by atoms with van der Waals surface area (Å²) in [6.45, 7) is 0. The van der Waals surface area contributed by atoms with Crippen LogP contribution in [0.4, 0.5) is 10.1 Å². The number of nitrogens with one attached hydrogen (secondary N) is 1. The maximum atomic E-state index is 12.8. The van der Waals surface area contributed by atoms with Crippen molar-refractivity contribution in [3.8, 4) is 0 Å². The summed E-state index contributed by atoms with van der Waals surface area (Å²) in [5, 5.41) is 2.61. The minimum atomic E-state index is -0.877. The number of carbonyl (C=O) groups is 2. The number of hydrogen-bond donors (Lipinski definition) is 1. The van der Waals surface area contributed by atoms with E-state index in [4.69, 9.17) is 4.74 Å². The van der Waals surface area contributed by atoms with E-state index in [1.54, 1.807) is 18.2 Å². The number of esters is 1. The lowest BCUT2D eigenvalue weighted by Crippen LogP contribution is -2.37. The van der Waals surface area contributed by atoms with Crippen molar-refractivity contribution in [1.29, 1.82) is 0 Å². The van der Waals surface area contributed by atoms with Gasteiger partial charge in [0.25, 0.3) is 5.91 Å². The molecular weight excluding hydrogens is 273 g/mol. The molecule has 3 rings (SSSR count). The second-order valence-corrected chi connectivity index (χ2v) is 4.75. The van der Waals surface area contributed by atoms with Crippen LogP contribution in [0, 0.1) is 5.82 Å². The molecule has 0 saturated carbocycles. The molecule has 0 radical (unpaired) electrons. The van der Waals surface area contributed by atoms with Crippen LogP contribution < -0.4 is 5.32 Å². The molecule has 1 N–H and O–H groups in total. The Labute approximate surface area is 120 Å². The highest BCUT2D eigenvalue weighted by atomic mass is 19.1. The fraction of sp³-hybridized carbons (Fsp3) is 0.125. The molecule has 0 spiro atoms. The van der Waals surface area contributed by atoms with Crippen molar-refractivity contribution in [2.75, 3.05) is 5.32 Å². The van der Waals surface area contributed by atoms with Crippen LogP contribution in [0.2, 0.25) is 0 Å². The van der Waals surface area contributed by atoms with Crippen LogP contribution in [0.1, 0.15) is 15.9 Å². The summed E-state index contributed by atoms with van der Waals surface area (Å²) in [6.07, 6.45) is -0.549. The number of hydrogen-bond acceptors (Lipinski definition) is 3. The Kier molecular flexibility index (Phi) is 3.39. The lowest BCUT2D eigenvalue weighted by Gasteiger charge is -2.23. The van der Waals surface area contributed by atoms with Gasteiger partial charge in [0.1, 0.15) is 5.82 Å². The molecular formula is C16H12FNO3. The van der Waals surface area contributed by atoms with Crippen LogP contribution in [0.15, 0.2) is 48.5 Å². The summed E-state index contributed by atoms with van der Waals surface area (Å²) in [6, 6.07) is 12.4. The first-order valence-corrected chi connectivity index (χ1v) is 6.49. The van der Waals surface area contributed by atoms with Gasteiger partial charge in [0, 0.05) is 12.1 Å². The topological polar surface area (TPSA) is 55.4 Å². The highest BCUT2D eigenvalue weighted by Gasteiger charge is 2.30. The summed E-state index contributed by atoms with van der Waals surface area (Å²) in [7, 11) is 0. The molecule has 0 saturated heterocycles. The predicted molar refractivity (Wildman–Crippen MR) is 74.4 cm³/mol. The van der Waals surface area contributed by atoms with Crippen molar-refractivity contribution in [3.05, 3.63) is 65.5 Å². The zero-order valence-corrected chi connectivity index (χ0v) is 11.0. The second-order valence-electron chi connectivity index (χ2n) is 4.75. The number of amides is 1. The van der Waals surface area contributed by atoms with Gasteiger partial charge in [-0.2, -0.15) is 0 Å². The Morgan fingerprint density at radius 1 is 1.14 bits per heavy atom. The molecule has 0 fully saturated rings. The Hall–Kier alpha value is -2.69. The van der Waals surface area contributed by atoms with E-state index < -0.39 is 18.0 Å². The normalized spacial score (nSPS) is 16.8. The molecule has 2 aromatic rings. The number of carbonyl (C=O) groups excluding carboxylic acids is 2. The first-order chi connectivity index (χ1) is 10.1. The average molecular weight is 285 g/mol. The smallest absolute Gasteiger partial charge is 0.339 e. The molecule has 0 bridgehead atoms. The van der Waals surface area contributed by atoms with E-state index in [1.165, 1.54) is 24.3 Å².